The highest BCUT2D eigenvalue weighted by molar-refractivity contribution is 5.99. The lowest BCUT2D eigenvalue weighted by Crippen LogP contribution is -2.52. The first-order valence-electron chi connectivity index (χ1n) is 9.95. The van der Waals surface area contributed by atoms with E-state index in [1.165, 1.54) is 6.39 Å². The number of carbonyl (C=O) groups excluding carboxylic acids is 2. The van der Waals surface area contributed by atoms with Crippen molar-refractivity contribution in [3.05, 3.63) is 30.8 Å². The Morgan fingerprint density at radius 2 is 1.97 bits per heavy atom. The molecule has 1 aromatic heterocycles. The zero-order valence-electron chi connectivity index (χ0n) is 18.7. The number of hydrogen-bond donors (Lipinski definition) is 1. The number of alkyl carbamates (subject to hydrolysis) is 1. The van der Waals surface area contributed by atoms with Crippen molar-refractivity contribution in [3.63, 3.8) is 0 Å². The summed E-state index contributed by atoms with van der Waals surface area (Å²) in [5, 5.41) is 2.71. The van der Waals surface area contributed by atoms with E-state index in [4.69, 9.17) is 13.9 Å². The molecule has 2 aromatic rings. The van der Waals surface area contributed by atoms with Crippen molar-refractivity contribution in [1.82, 2.24) is 10.3 Å². The summed E-state index contributed by atoms with van der Waals surface area (Å²) in [6.45, 7) is 11.4. The van der Waals surface area contributed by atoms with Crippen molar-refractivity contribution in [1.29, 1.82) is 0 Å². The number of likely N-dealkylation sites (N-methyl/N-ethyl adjacent to an activating group) is 1. The first-order chi connectivity index (χ1) is 14.1. The van der Waals surface area contributed by atoms with Crippen molar-refractivity contribution in [2.24, 2.45) is 5.92 Å². The summed E-state index contributed by atoms with van der Waals surface area (Å²) in [6.07, 6.45) is 2.32. The van der Waals surface area contributed by atoms with Gasteiger partial charge in [-0.2, -0.15) is 0 Å². The number of ether oxygens (including phenoxy) is 2. The number of carbonyl (C=O) groups is 2. The van der Waals surface area contributed by atoms with E-state index in [-0.39, 0.29) is 11.8 Å². The molecule has 0 fully saturated rings. The van der Waals surface area contributed by atoms with Crippen LogP contribution in [0.3, 0.4) is 0 Å². The number of oxazole rings is 1. The van der Waals surface area contributed by atoms with E-state index in [2.05, 4.69) is 10.3 Å². The van der Waals surface area contributed by atoms with Gasteiger partial charge in [-0.25, -0.2) is 9.78 Å². The van der Waals surface area contributed by atoms with Gasteiger partial charge >= 0.3 is 6.09 Å². The van der Waals surface area contributed by atoms with E-state index < -0.39 is 17.7 Å². The molecule has 0 radical (unpaired) electrons. The second kappa shape index (κ2) is 9.65. The summed E-state index contributed by atoms with van der Waals surface area (Å²) in [5.74, 6) is 0.762. The Kier molecular flexibility index (Phi) is 7.48. The minimum absolute atomic E-state index is 0.130. The Bertz CT molecular complexity index is 856. The average Bonchev–Trinajstić information content (AvgIpc) is 3.19. The zero-order chi connectivity index (χ0) is 22.5. The maximum atomic E-state index is 13.3. The zero-order valence-corrected chi connectivity index (χ0v) is 18.7. The number of anilines is 1. The molecule has 1 N–H and O–H groups in total. The van der Waals surface area contributed by atoms with Crippen LogP contribution in [-0.4, -0.2) is 42.3 Å². The van der Waals surface area contributed by atoms with Crippen LogP contribution in [0.5, 0.6) is 5.75 Å². The highest BCUT2D eigenvalue weighted by Gasteiger charge is 2.31. The summed E-state index contributed by atoms with van der Waals surface area (Å²) < 4.78 is 16.2. The van der Waals surface area contributed by atoms with Gasteiger partial charge < -0.3 is 24.1 Å². The van der Waals surface area contributed by atoms with Crippen LogP contribution in [0.4, 0.5) is 10.5 Å². The number of rotatable bonds is 7. The molecule has 8 heteroatoms. The van der Waals surface area contributed by atoms with Crippen LogP contribution in [-0.2, 0) is 9.53 Å². The van der Waals surface area contributed by atoms with Gasteiger partial charge in [-0.3, -0.25) is 4.79 Å². The van der Waals surface area contributed by atoms with Crippen LogP contribution in [0.2, 0.25) is 0 Å². The van der Waals surface area contributed by atoms with Gasteiger partial charge in [-0.15, -0.1) is 0 Å². The second-order valence-electron chi connectivity index (χ2n) is 8.20. The first kappa shape index (κ1) is 23.3. The molecule has 0 saturated carbocycles. The minimum Gasteiger partial charge on any atom is -0.496 e. The summed E-state index contributed by atoms with van der Waals surface area (Å²) in [7, 11) is 1.55. The molecule has 1 heterocycles. The lowest BCUT2D eigenvalue weighted by Gasteiger charge is -2.30. The number of nitrogens with zero attached hydrogens (tertiary/aromatic N) is 2. The normalized spacial score (nSPS) is 12.4. The molecule has 0 saturated heterocycles. The van der Waals surface area contributed by atoms with Crippen LogP contribution in [0, 0.1) is 5.92 Å². The highest BCUT2D eigenvalue weighted by atomic mass is 16.6. The van der Waals surface area contributed by atoms with E-state index >= 15 is 0 Å². The van der Waals surface area contributed by atoms with Crippen molar-refractivity contribution in [2.75, 3.05) is 18.6 Å². The molecule has 2 amide bonds. The van der Waals surface area contributed by atoms with Gasteiger partial charge in [0.2, 0.25) is 5.91 Å². The molecule has 1 aromatic carbocycles. The van der Waals surface area contributed by atoms with E-state index in [0.29, 0.717) is 23.7 Å². The number of aromatic nitrogens is 1. The predicted octanol–water partition coefficient (Wildman–Crippen LogP) is 4.25. The van der Waals surface area contributed by atoms with E-state index in [9.17, 15) is 9.59 Å². The molecular weight excluding hydrogens is 386 g/mol. The lowest BCUT2D eigenvalue weighted by molar-refractivity contribution is -0.121. The van der Waals surface area contributed by atoms with E-state index in [1.54, 1.807) is 45.0 Å². The molecule has 8 nitrogen and oxygen atoms in total. The third-order valence-electron chi connectivity index (χ3n) is 4.38. The van der Waals surface area contributed by atoms with Gasteiger partial charge in [0.15, 0.2) is 12.2 Å². The third-order valence-corrected chi connectivity index (χ3v) is 4.38. The van der Waals surface area contributed by atoms with Crippen molar-refractivity contribution in [2.45, 2.75) is 53.2 Å². The Morgan fingerprint density at radius 1 is 1.27 bits per heavy atom. The highest BCUT2D eigenvalue weighted by Crippen LogP contribution is 2.33. The van der Waals surface area contributed by atoms with Crippen molar-refractivity contribution >= 4 is 17.7 Å². The van der Waals surface area contributed by atoms with Crippen molar-refractivity contribution in [3.8, 4) is 17.1 Å². The molecule has 0 aliphatic carbocycles. The van der Waals surface area contributed by atoms with Gasteiger partial charge in [0, 0.05) is 18.3 Å². The SMILES string of the molecule is CCN(C(=O)C(NC(=O)OC(C)(C)C)C(C)C)c1ccc(-c2cnco2)c(OC)c1. The number of amides is 2. The molecule has 0 aliphatic rings. The van der Waals surface area contributed by atoms with Gasteiger partial charge in [0.05, 0.1) is 18.9 Å². The lowest BCUT2D eigenvalue weighted by atomic mass is 10.0. The average molecular weight is 418 g/mol. The van der Waals surface area contributed by atoms with Gasteiger partial charge in [-0.05, 0) is 45.7 Å². The van der Waals surface area contributed by atoms with Crippen molar-refractivity contribution < 1.29 is 23.5 Å². The maximum Gasteiger partial charge on any atom is 0.408 e. The van der Waals surface area contributed by atoms with Gasteiger partial charge in [-0.1, -0.05) is 13.8 Å². The monoisotopic (exact) mass is 417 g/mol. The molecule has 164 valence electrons. The molecule has 1 unspecified atom stereocenters. The van der Waals surface area contributed by atoms with Gasteiger partial charge in [0.25, 0.3) is 0 Å². The summed E-state index contributed by atoms with van der Waals surface area (Å²) >= 11 is 0. The quantitative estimate of drug-likeness (QED) is 0.724. The molecule has 2 rings (SSSR count). The number of nitrogens with one attached hydrogen (secondary N) is 1. The van der Waals surface area contributed by atoms with Crippen LogP contribution in [0.15, 0.2) is 35.2 Å². The molecular formula is C22H31N3O5. The maximum absolute atomic E-state index is 13.3. The van der Waals surface area contributed by atoms with Crippen LogP contribution >= 0.6 is 0 Å². The molecule has 30 heavy (non-hydrogen) atoms. The third kappa shape index (κ3) is 5.75. The second-order valence-corrected chi connectivity index (χ2v) is 8.20. The Balaban J connectivity index is 2.30. The molecule has 0 spiro atoms. The molecule has 0 bridgehead atoms. The Hall–Kier alpha value is -3.03. The Labute approximate surface area is 177 Å². The van der Waals surface area contributed by atoms with E-state index in [0.717, 1.165) is 5.56 Å². The van der Waals surface area contributed by atoms with Crippen LogP contribution in [0.25, 0.3) is 11.3 Å². The predicted molar refractivity (Wildman–Crippen MR) is 115 cm³/mol. The number of benzene rings is 1. The summed E-state index contributed by atoms with van der Waals surface area (Å²) in [4.78, 5) is 31.1. The fourth-order valence-electron chi connectivity index (χ4n) is 2.98. The van der Waals surface area contributed by atoms with E-state index in [1.807, 2.05) is 32.9 Å². The smallest absolute Gasteiger partial charge is 0.408 e. The van der Waals surface area contributed by atoms with Gasteiger partial charge in [0.1, 0.15) is 17.4 Å². The number of methoxy groups -OCH3 is 1. The molecule has 1 atom stereocenters. The first-order valence-corrected chi connectivity index (χ1v) is 9.95. The fraction of sp³-hybridized carbons (Fsp3) is 0.500. The minimum atomic E-state index is -0.736. The summed E-state index contributed by atoms with van der Waals surface area (Å²) in [6, 6.07) is 4.66. The van der Waals surface area contributed by atoms with Crippen LogP contribution in [0.1, 0.15) is 41.5 Å². The van der Waals surface area contributed by atoms with Crippen LogP contribution < -0.4 is 15.0 Å². The fourth-order valence-corrected chi connectivity index (χ4v) is 2.98. The summed E-state index contributed by atoms with van der Waals surface area (Å²) in [5.41, 5.74) is 0.733. The number of hydrogen-bond acceptors (Lipinski definition) is 6. The topological polar surface area (TPSA) is 93.9 Å². The Morgan fingerprint density at radius 3 is 2.47 bits per heavy atom. The molecule has 0 aliphatic heterocycles. The largest absolute Gasteiger partial charge is 0.496 e. The standard InChI is InChI=1S/C22H31N3O5/c1-8-25(20(26)19(14(2)3)24-21(27)30-22(4,5)6)15-9-10-16(17(11-15)28-7)18-12-23-13-29-18/h9-14,19H,8H2,1-7H3,(H,24,27).